The van der Waals surface area contributed by atoms with Crippen LogP contribution in [-0.2, 0) is 17.9 Å². The molecule has 1 saturated carbocycles. The lowest BCUT2D eigenvalue weighted by molar-refractivity contribution is -0.160. The molecule has 0 unspecified atom stereocenters. The van der Waals surface area contributed by atoms with Crippen molar-refractivity contribution in [3.05, 3.63) is 17.5 Å². The quantitative estimate of drug-likeness (QED) is 0.821. The van der Waals surface area contributed by atoms with Crippen LogP contribution in [0.4, 0.5) is 0 Å². The zero-order chi connectivity index (χ0) is 20.3. The molecule has 4 rings (SSSR count). The number of hydrogen-bond donors (Lipinski definition) is 1. The SMILES string of the molecule is N#Cc1cc2n(n1)CCCN(C[C@]1(O)CCCN(CCC3CCCCC3)C1=O)C2. The standard InChI is InChI=1S/C22H33N5O2/c23-15-19-14-20-16-25(10-5-12-27(20)24-19)17-22(29)9-4-11-26(21(22)28)13-8-18-6-2-1-3-7-18/h14,18,29H,1-13,16-17H2/t22-/m1/s1. The van der Waals surface area contributed by atoms with Gasteiger partial charge in [0.15, 0.2) is 11.3 Å². The Balaban J connectivity index is 1.37. The number of fused-ring (bicyclic) bond motifs is 1. The van der Waals surface area contributed by atoms with Gasteiger partial charge in [-0.15, -0.1) is 0 Å². The summed E-state index contributed by atoms with van der Waals surface area (Å²) in [4.78, 5) is 17.2. The van der Waals surface area contributed by atoms with Crippen LogP contribution >= 0.6 is 0 Å². The molecule has 3 aliphatic rings. The monoisotopic (exact) mass is 399 g/mol. The third-order valence-corrected chi connectivity index (χ3v) is 6.93. The molecule has 0 radical (unpaired) electrons. The molecule has 0 spiro atoms. The van der Waals surface area contributed by atoms with Gasteiger partial charge in [-0.05, 0) is 37.7 Å². The summed E-state index contributed by atoms with van der Waals surface area (Å²) in [5, 5.41) is 24.7. The molecule has 1 N–H and O–H groups in total. The van der Waals surface area contributed by atoms with Crippen molar-refractivity contribution in [3.63, 3.8) is 0 Å². The number of aryl methyl sites for hydroxylation is 1. The lowest BCUT2D eigenvalue weighted by atomic mass is 9.86. The van der Waals surface area contributed by atoms with Crippen molar-refractivity contribution in [2.75, 3.05) is 26.2 Å². The number of aromatic nitrogens is 2. The molecule has 0 aromatic carbocycles. The van der Waals surface area contributed by atoms with E-state index in [4.69, 9.17) is 5.26 Å². The van der Waals surface area contributed by atoms with Crippen LogP contribution < -0.4 is 0 Å². The predicted molar refractivity (Wildman–Crippen MR) is 109 cm³/mol. The first kappa shape index (κ1) is 20.4. The molecular weight excluding hydrogens is 366 g/mol. The number of nitriles is 1. The molecule has 29 heavy (non-hydrogen) atoms. The zero-order valence-electron chi connectivity index (χ0n) is 17.4. The van der Waals surface area contributed by atoms with Gasteiger partial charge in [-0.2, -0.15) is 10.4 Å². The van der Waals surface area contributed by atoms with E-state index in [1.165, 1.54) is 32.1 Å². The second-order valence-corrected chi connectivity index (χ2v) is 9.14. The smallest absolute Gasteiger partial charge is 0.255 e. The molecule has 7 heteroatoms. The van der Waals surface area contributed by atoms with Crippen LogP contribution in [0.15, 0.2) is 6.07 Å². The number of hydrogen-bond acceptors (Lipinski definition) is 5. The zero-order valence-corrected chi connectivity index (χ0v) is 17.4. The van der Waals surface area contributed by atoms with E-state index < -0.39 is 5.60 Å². The van der Waals surface area contributed by atoms with Crippen LogP contribution in [0.5, 0.6) is 0 Å². The highest BCUT2D eigenvalue weighted by Gasteiger charge is 2.43. The highest BCUT2D eigenvalue weighted by molar-refractivity contribution is 5.86. The first-order chi connectivity index (χ1) is 14.1. The van der Waals surface area contributed by atoms with Crippen molar-refractivity contribution >= 4 is 5.91 Å². The van der Waals surface area contributed by atoms with Crippen LogP contribution in [0, 0.1) is 17.2 Å². The van der Waals surface area contributed by atoms with E-state index in [-0.39, 0.29) is 5.91 Å². The van der Waals surface area contributed by atoms with Crippen LogP contribution in [0.1, 0.15) is 69.2 Å². The van der Waals surface area contributed by atoms with Crippen molar-refractivity contribution in [1.29, 1.82) is 5.26 Å². The Labute approximate surface area is 173 Å². The van der Waals surface area contributed by atoms with E-state index in [2.05, 4.69) is 16.1 Å². The summed E-state index contributed by atoms with van der Waals surface area (Å²) in [6.07, 6.45) is 9.93. The van der Waals surface area contributed by atoms with Crippen LogP contribution in [0.2, 0.25) is 0 Å². The van der Waals surface area contributed by atoms with E-state index in [0.717, 1.165) is 57.1 Å². The number of amides is 1. The normalized spacial score (nSPS) is 26.8. The Morgan fingerprint density at radius 2 is 2.00 bits per heavy atom. The van der Waals surface area contributed by atoms with Gasteiger partial charge < -0.3 is 10.0 Å². The van der Waals surface area contributed by atoms with Gasteiger partial charge in [0.25, 0.3) is 5.91 Å². The molecule has 1 amide bonds. The Morgan fingerprint density at radius 1 is 1.17 bits per heavy atom. The average Bonchev–Trinajstić information content (AvgIpc) is 3.02. The van der Waals surface area contributed by atoms with Crippen molar-refractivity contribution in [2.45, 2.75) is 76.5 Å². The Bertz CT molecular complexity index is 764. The molecule has 3 heterocycles. The van der Waals surface area contributed by atoms with Gasteiger partial charge in [0, 0.05) is 39.3 Å². The maximum atomic E-state index is 13.2. The van der Waals surface area contributed by atoms with Crippen LogP contribution in [0.3, 0.4) is 0 Å². The number of nitrogens with zero attached hydrogens (tertiary/aromatic N) is 5. The van der Waals surface area contributed by atoms with Gasteiger partial charge in [-0.3, -0.25) is 14.4 Å². The molecule has 2 fully saturated rings. The van der Waals surface area contributed by atoms with Gasteiger partial charge >= 0.3 is 0 Å². The minimum atomic E-state index is -1.29. The van der Waals surface area contributed by atoms with E-state index in [1.807, 2.05) is 15.6 Å². The molecular formula is C22H33N5O2. The Kier molecular flexibility index (Phi) is 6.21. The number of carbonyl (C=O) groups excluding carboxylic acids is 1. The number of likely N-dealkylation sites (tertiary alicyclic amines) is 1. The molecule has 158 valence electrons. The minimum Gasteiger partial charge on any atom is -0.379 e. The fourth-order valence-corrected chi connectivity index (χ4v) is 5.33. The van der Waals surface area contributed by atoms with Gasteiger partial charge in [0.1, 0.15) is 6.07 Å². The summed E-state index contributed by atoms with van der Waals surface area (Å²) in [6, 6.07) is 3.92. The summed E-state index contributed by atoms with van der Waals surface area (Å²) >= 11 is 0. The third-order valence-electron chi connectivity index (χ3n) is 6.93. The molecule has 1 aromatic rings. The second-order valence-electron chi connectivity index (χ2n) is 9.14. The van der Waals surface area contributed by atoms with E-state index in [0.29, 0.717) is 25.2 Å². The molecule has 1 saturated heterocycles. The Hall–Kier alpha value is -1.91. The summed E-state index contributed by atoms with van der Waals surface area (Å²) < 4.78 is 1.89. The molecule has 7 nitrogen and oxygen atoms in total. The number of carbonyl (C=O) groups is 1. The maximum Gasteiger partial charge on any atom is 0.255 e. The minimum absolute atomic E-state index is 0.0879. The van der Waals surface area contributed by atoms with Crippen LogP contribution in [-0.4, -0.2) is 62.4 Å². The third kappa shape index (κ3) is 4.65. The summed E-state index contributed by atoms with van der Waals surface area (Å²) in [6.45, 7) is 4.12. The molecule has 2 aliphatic heterocycles. The molecule has 1 aromatic heterocycles. The van der Waals surface area contributed by atoms with Crippen molar-refractivity contribution < 1.29 is 9.90 Å². The second kappa shape index (κ2) is 8.85. The molecule has 1 aliphatic carbocycles. The number of β-amino-alcohol motifs (C(OH)–C–C–N with tert-alkyl or cyclic N) is 1. The van der Waals surface area contributed by atoms with Gasteiger partial charge in [0.05, 0.1) is 5.69 Å². The number of aliphatic hydroxyl groups is 1. The highest BCUT2D eigenvalue weighted by Crippen LogP contribution is 2.29. The van der Waals surface area contributed by atoms with Crippen molar-refractivity contribution in [1.82, 2.24) is 19.6 Å². The summed E-state index contributed by atoms with van der Waals surface area (Å²) in [5.41, 5.74) is 0.126. The van der Waals surface area contributed by atoms with E-state index in [1.54, 1.807) is 0 Å². The van der Waals surface area contributed by atoms with Gasteiger partial charge in [0.2, 0.25) is 0 Å². The van der Waals surface area contributed by atoms with Crippen molar-refractivity contribution in [3.8, 4) is 6.07 Å². The van der Waals surface area contributed by atoms with Crippen molar-refractivity contribution in [2.24, 2.45) is 5.92 Å². The lowest BCUT2D eigenvalue weighted by Crippen LogP contribution is -2.58. The fourth-order valence-electron chi connectivity index (χ4n) is 5.33. The largest absolute Gasteiger partial charge is 0.379 e. The molecule has 0 bridgehead atoms. The first-order valence-corrected chi connectivity index (χ1v) is 11.3. The molecule has 1 atom stereocenters. The lowest BCUT2D eigenvalue weighted by Gasteiger charge is -2.41. The maximum absolute atomic E-state index is 13.2. The number of rotatable bonds is 5. The Morgan fingerprint density at radius 3 is 2.79 bits per heavy atom. The first-order valence-electron chi connectivity index (χ1n) is 11.3. The average molecular weight is 400 g/mol. The summed E-state index contributed by atoms with van der Waals surface area (Å²) in [5.74, 6) is 0.654. The predicted octanol–water partition coefficient (Wildman–Crippen LogP) is 2.28. The van der Waals surface area contributed by atoms with E-state index in [9.17, 15) is 9.90 Å². The topological polar surface area (TPSA) is 85.4 Å². The van der Waals surface area contributed by atoms with Gasteiger partial charge in [-0.25, -0.2) is 0 Å². The van der Waals surface area contributed by atoms with Crippen LogP contribution in [0.25, 0.3) is 0 Å². The fraction of sp³-hybridized carbons (Fsp3) is 0.773. The number of piperidine rings is 1. The highest BCUT2D eigenvalue weighted by atomic mass is 16.3. The van der Waals surface area contributed by atoms with E-state index >= 15 is 0 Å². The summed E-state index contributed by atoms with van der Waals surface area (Å²) in [7, 11) is 0. The van der Waals surface area contributed by atoms with Gasteiger partial charge in [-0.1, -0.05) is 32.1 Å².